The number of ether oxygens (including phenoxy) is 1. The molecule has 8 rings (SSSR count). The molecule has 3 aromatic rings. The summed E-state index contributed by atoms with van der Waals surface area (Å²) in [5.41, 5.74) is 10.7. The Hall–Kier alpha value is -3.57. The van der Waals surface area contributed by atoms with Crippen molar-refractivity contribution in [3.63, 3.8) is 0 Å². The van der Waals surface area contributed by atoms with Crippen molar-refractivity contribution >= 4 is 29.0 Å². The van der Waals surface area contributed by atoms with E-state index in [0.717, 1.165) is 44.1 Å². The van der Waals surface area contributed by atoms with Crippen molar-refractivity contribution in [1.82, 2.24) is 24.6 Å². The summed E-state index contributed by atoms with van der Waals surface area (Å²) in [6.07, 6.45) is 14.6. The van der Waals surface area contributed by atoms with E-state index in [2.05, 4.69) is 67.1 Å². The van der Waals surface area contributed by atoms with Crippen LogP contribution in [0.15, 0.2) is 54.7 Å². The number of piperidine rings is 1. The molecule has 7 unspecified atom stereocenters. The minimum absolute atomic E-state index is 0.0373. The maximum absolute atomic E-state index is 13.1. The van der Waals surface area contributed by atoms with Crippen LogP contribution in [-0.4, -0.2) is 94.3 Å². The van der Waals surface area contributed by atoms with E-state index in [0.29, 0.717) is 24.9 Å². The zero-order chi connectivity index (χ0) is 37.2. The molecule has 282 valence electrons. The highest BCUT2D eigenvalue weighted by Gasteiger charge is 2.67. The van der Waals surface area contributed by atoms with Gasteiger partial charge in [0.2, 0.25) is 11.8 Å². The number of likely N-dealkylation sites (tertiary alicyclic amines) is 1. The van der Waals surface area contributed by atoms with Gasteiger partial charge in [0.05, 0.1) is 6.04 Å². The van der Waals surface area contributed by atoms with Crippen LogP contribution in [0.4, 0.5) is 0 Å². The molecule has 0 saturated carbocycles. The summed E-state index contributed by atoms with van der Waals surface area (Å²) in [5.74, 6) is -0.925. The zero-order valence-corrected chi connectivity index (χ0v) is 32.1. The minimum Gasteiger partial charge on any atom is -0.350 e. The number of aldehydes is 1. The molecular formula is C42H60N6O4. The lowest BCUT2D eigenvalue weighted by molar-refractivity contribution is -0.207. The number of piperazine rings is 1. The smallest absolute Gasteiger partial charge is 0.273 e. The van der Waals surface area contributed by atoms with E-state index in [-0.39, 0.29) is 23.8 Å². The molecular weight excluding hydrogens is 652 g/mol. The van der Waals surface area contributed by atoms with E-state index in [1.165, 1.54) is 59.0 Å². The lowest BCUT2D eigenvalue weighted by atomic mass is 9.73. The van der Waals surface area contributed by atoms with Crippen LogP contribution < -0.4 is 11.1 Å². The molecule has 0 bridgehead atoms. The largest absolute Gasteiger partial charge is 0.350 e. The van der Waals surface area contributed by atoms with Gasteiger partial charge in [-0.1, -0.05) is 88.4 Å². The normalized spacial score (nSPS) is 30.6. The number of carbonyl (C=O) groups is 3. The summed E-state index contributed by atoms with van der Waals surface area (Å²) in [6.45, 7) is 7.73. The molecule has 1 aliphatic carbocycles. The van der Waals surface area contributed by atoms with Crippen molar-refractivity contribution in [2.45, 2.75) is 121 Å². The van der Waals surface area contributed by atoms with E-state index in [1.54, 1.807) is 18.9 Å². The third-order valence-electron chi connectivity index (χ3n) is 12.2. The Morgan fingerprint density at radius 2 is 1.75 bits per heavy atom. The number of hydrogen-bond donors (Lipinski definition) is 2. The summed E-state index contributed by atoms with van der Waals surface area (Å²) in [5, 5.41) is 4.37. The number of hydrogen-bond acceptors (Lipinski definition) is 7. The second kappa shape index (κ2) is 15.8. The second-order valence-corrected chi connectivity index (χ2v) is 15.7. The van der Waals surface area contributed by atoms with Crippen molar-refractivity contribution < 1.29 is 19.1 Å². The lowest BCUT2D eigenvalue weighted by Crippen LogP contribution is -2.75. The van der Waals surface area contributed by atoms with Gasteiger partial charge in [-0.25, -0.2) is 0 Å². The highest BCUT2D eigenvalue weighted by atomic mass is 16.6. The molecule has 3 N–H and O–H groups in total. The predicted molar refractivity (Wildman–Crippen MR) is 205 cm³/mol. The molecule has 52 heavy (non-hydrogen) atoms. The van der Waals surface area contributed by atoms with Crippen molar-refractivity contribution in [2.75, 3.05) is 27.2 Å². The number of fused-ring (bicyclic) bond motifs is 5. The van der Waals surface area contributed by atoms with Gasteiger partial charge in [0, 0.05) is 61.5 Å². The third kappa shape index (κ3) is 6.95. The van der Waals surface area contributed by atoms with Crippen molar-refractivity contribution in [1.29, 1.82) is 0 Å². The van der Waals surface area contributed by atoms with Crippen LogP contribution in [-0.2, 0) is 39.0 Å². The Morgan fingerprint density at radius 1 is 1.02 bits per heavy atom. The average molecular weight is 713 g/mol. The number of unbranched alkanes of at least 4 members (excludes halogenated alkanes) is 4. The van der Waals surface area contributed by atoms with Gasteiger partial charge < -0.3 is 23.9 Å². The molecule has 0 radical (unpaired) electrons. The molecule has 5 heterocycles. The average Bonchev–Trinajstić information content (AvgIpc) is 3.83. The molecule has 7 atom stereocenters. The summed E-state index contributed by atoms with van der Waals surface area (Å²) in [6, 6.07) is 15.9. The van der Waals surface area contributed by atoms with Gasteiger partial charge in [-0.2, -0.15) is 0 Å². The Kier molecular flexibility index (Phi) is 11.6. The number of amides is 2. The van der Waals surface area contributed by atoms with E-state index in [4.69, 9.17) is 10.5 Å². The highest BCUT2D eigenvalue weighted by molar-refractivity contribution is 5.95. The van der Waals surface area contributed by atoms with Crippen molar-refractivity contribution in [2.24, 2.45) is 18.7 Å². The first-order chi connectivity index (χ1) is 25.0. The topological polar surface area (TPSA) is 113 Å². The number of rotatable bonds is 8. The molecule has 4 saturated heterocycles. The molecule has 10 nitrogen and oxygen atoms in total. The molecule has 2 aromatic carbocycles. The number of carbonyl (C=O) groups excluding carboxylic acids is 3. The van der Waals surface area contributed by atoms with Crippen LogP contribution in [0.25, 0.3) is 10.9 Å². The molecule has 10 heteroatoms. The SMILES string of the molecule is CCCCCCC.CN1CC(C=O)CC2c3cccc4c3c(cn4C)CC21.CNC1(C)OC2(N)C3CCCN3C(=O)C(Cc3ccccc3)N2C1=O. The summed E-state index contributed by atoms with van der Waals surface area (Å²) >= 11 is 0. The van der Waals surface area contributed by atoms with E-state index in [9.17, 15) is 14.4 Å². The number of aromatic nitrogens is 1. The summed E-state index contributed by atoms with van der Waals surface area (Å²) in [7, 11) is 5.96. The minimum atomic E-state index is -1.29. The number of benzene rings is 2. The van der Waals surface area contributed by atoms with E-state index >= 15 is 0 Å². The first kappa shape index (κ1) is 38.2. The number of nitrogens with zero attached hydrogens (tertiary/aromatic N) is 4. The van der Waals surface area contributed by atoms with Gasteiger partial charge in [-0.3, -0.25) is 25.5 Å². The predicted octanol–water partition coefficient (Wildman–Crippen LogP) is 5.32. The van der Waals surface area contributed by atoms with Gasteiger partial charge in [0.25, 0.3) is 5.91 Å². The highest BCUT2D eigenvalue weighted by Crippen LogP contribution is 2.45. The summed E-state index contributed by atoms with van der Waals surface area (Å²) in [4.78, 5) is 43.2. The fraction of sp³-hybridized carbons (Fsp3) is 0.595. The van der Waals surface area contributed by atoms with Gasteiger partial charge in [0.15, 0.2) is 5.72 Å². The van der Waals surface area contributed by atoms with E-state index in [1.807, 2.05) is 30.3 Å². The van der Waals surface area contributed by atoms with Gasteiger partial charge in [0.1, 0.15) is 12.3 Å². The van der Waals surface area contributed by atoms with Gasteiger partial charge in [-0.05, 0) is 69.5 Å². The van der Waals surface area contributed by atoms with Crippen molar-refractivity contribution in [3.8, 4) is 0 Å². The first-order valence-electron chi connectivity index (χ1n) is 19.6. The quantitative estimate of drug-likeness (QED) is 0.240. The molecule has 4 aliphatic heterocycles. The monoisotopic (exact) mass is 712 g/mol. The van der Waals surface area contributed by atoms with Gasteiger partial charge in [-0.15, -0.1) is 0 Å². The molecule has 5 aliphatic rings. The van der Waals surface area contributed by atoms with Crippen LogP contribution in [0.5, 0.6) is 0 Å². The fourth-order valence-corrected chi connectivity index (χ4v) is 9.39. The summed E-state index contributed by atoms with van der Waals surface area (Å²) < 4.78 is 8.32. The number of aryl methyl sites for hydroxylation is 1. The van der Waals surface area contributed by atoms with Gasteiger partial charge >= 0.3 is 0 Å². The zero-order valence-electron chi connectivity index (χ0n) is 32.1. The standard InChI is InChI=1S/C18H24N4O3.C17H20N2O.C7H16/c1-17(20-2)16(24)22-13(11-12-7-4-3-5-8-12)15(23)21-10-6-9-14(21)18(22,19)25-17;1-18-8-11(10-20)6-14-13-4-3-5-15-17(13)12(7-16(14)18)9-19(15)2;1-3-5-7-6-4-2/h3-5,7-8,13-14,20H,6,9-11,19H2,1-2H3;3-5,9-11,14,16H,6-8H2,1-2H3;3-7H2,1-2H3. The van der Waals surface area contributed by atoms with Crippen LogP contribution in [0.1, 0.15) is 94.7 Å². The Labute approximate surface area is 310 Å². The Morgan fingerprint density at radius 3 is 2.42 bits per heavy atom. The Balaban J connectivity index is 0.000000154. The fourth-order valence-electron chi connectivity index (χ4n) is 9.39. The molecule has 2 amide bonds. The number of likely N-dealkylation sites (N-methyl/N-ethyl adjacent to an activating group) is 2. The van der Waals surface area contributed by atoms with Crippen LogP contribution in [0.2, 0.25) is 0 Å². The second-order valence-electron chi connectivity index (χ2n) is 15.7. The van der Waals surface area contributed by atoms with Crippen LogP contribution in [0, 0.1) is 5.92 Å². The molecule has 0 spiro atoms. The van der Waals surface area contributed by atoms with Crippen molar-refractivity contribution in [3.05, 3.63) is 71.4 Å². The van der Waals surface area contributed by atoms with E-state index < -0.39 is 17.6 Å². The van der Waals surface area contributed by atoms with Crippen LogP contribution in [0.3, 0.4) is 0 Å². The number of nitrogens with two attached hydrogens (primary N) is 1. The Bertz CT molecular complexity index is 1720. The molecule has 1 aromatic heterocycles. The first-order valence-corrected chi connectivity index (χ1v) is 19.6. The molecule has 4 fully saturated rings. The maximum Gasteiger partial charge on any atom is 0.273 e. The maximum atomic E-state index is 13.1. The lowest BCUT2D eigenvalue weighted by Gasteiger charge is -2.50. The van der Waals surface area contributed by atoms with Crippen LogP contribution >= 0.6 is 0 Å². The number of nitrogens with one attached hydrogen (secondary N) is 1. The third-order valence-corrected chi connectivity index (χ3v) is 12.2.